The van der Waals surface area contributed by atoms with Crippen LogP contribution in [0.25, 0.3) is 10.4 Å². The number of carbonyl (C=O) groups excluding carboxylic acids is 1. The van der Waals surface area contributed by atoms with Gasteiger partial charge in [0.05, 0.1) is 0 Å². The van der Waals surface area contributed by atoms with Crippen molar-refractivity contribution in [2.24, 2.45) is 5.11 Å². The number of hydrogen-bond acceptors (Lipinski definition) is 2. The third kappa shape index (κ3) is 3.48. The molecule has 0 aliphatic heterocycles. The summed E-state index contributed by atoms with van der Waals surface area (Å²) in [5.41, 5.74) is 9.24. The number of rotatable bonds is 5. The van der Waals surface area contributed by atoms with Crippen molar-refractivity contribution in [1.29, 1.82) is 0 Å². The van der Waals surface area contributed by atoms with E-state index in [2.05, 4.69) is 21.9 Å². The van der Waals surface area contributed by atoms with E-state index in [0.29, 0.717) is 17.8 Å². The van der Waals surface area contributed by atoms with E-state index in [1.807, 2.05) is 0 Å². The minimum atomic E-state index is -0.144. The molecule has 0 heterocycles. The highest BCUT2D eigenvalue weighted by molar-refractivity contribution is 5.94. The van der Waals surface area contributed by atoms with E-state index in [0.717, 1.165) is 6.42 Å². The fourth-order valence-corrected chi connectivity index (χ4v) is 1.12. The molecule has 0 saturated carbocycles. The van der Waals surface area contributed by atoms with Crippen molar-refractivity contribution in [3.05, 3.63) is 52.9 Å². The molecule has 0 fully saturated rings. The second-order valence-electron chi connectivity index (χ2n) is 3.07. The number of benzene rings is 1. The molecule has 0 aliphatic carbocycles. The summed E-state index contributed by atoms with van der Waals surface area (Å²) in [6.45, 7) is 4.13. The first-order valence-electron chi connectivity index (χ1n) is 4.82. The van der Waals surface area contributed by atoms with E-state index in [1.165, 1.54) is 0 Å². The smallest absolute Gasteiger partial charge is 0.251 e. The molecule has 1 amide bonds. The van der Waals surface area contributed by atoms with E-state index in [9.17, 15) is 4.79 Å². The lowest BCUT2D eigenvalue weighted by Gasteiger charge is -2.03. The molecule has 1 N–H and O–H groups in total. The van der Waals surface area contributed by atoms with Gasteiger partial charge in [0, 0.05) is 22.7 Å². The van der Waals surface area contributed by atoms with Gasteiger partial charge in [-0.25, -0.2) is 0 Å². The summed E-state index contributed by atoms with van der Waals surface area (Å²) in [5.74, 6) is -0.144. The Morgan fingerprint density at radius 3 is 2.75 bits per heavy atom. The predicted molar refractivity (Wildman–Crippen MR) is 62.4 cm³/mol. The van der Waals surface area contributed by atoms with Crippen molar-refractivity contribution in [2.75, 3.05) is 6.54 Å². The van der Waals surface area contributed by atoms with E-state index in [4.69, 9.17) is 5.53 Å². The SMILES string of the molecule is C=CCCNC(=O)c1ccc(N=[N+]=[N-])cc1. The molecule has 0 bridgehead atoms. The molecule has 5 heteroatoms. The van der Waals surface area contributed by atoms with Crippen molar-refractivity contribution in [3.63, 3.8) is 0 Å². The summed E-state index contributed by atoms with van der Waals surface area (Å²) >= 11 is 0. The highest BCUT2D eigenvalue weighted by Crippen LogP contribution is 2.12. The molecular formula is C11H12N4O. The van der Waals surface area contributed by atoms with Crippen LogP contribution in [0.4, 0.5) is 5.69 Å². The minimum Gasteiger partial charge on any atom is -0.352 e. The van der Waals surface area contributed by atoms with E-state index >= 15 is 0 Å². The molecule has 0 saturated heterocycles. The van der Waals surface area contributed by atoms with Crippen LogP contribution in [0.15, 0.2) is 42.0 Å². The van der Waals surface area contributed by atoms with Gasteiger partial charge in [-0.05, 0) is 24.1 Å². The standard InChI is InChI=1S/C11H12N4O/c1-2-3-8-13-11(16)9-4-6-10(7-5-9)14-15-12/h2,4-7H,1,3,8H2,(H,13,16). The quantitative estimate of drug-likeness (QED) is 0.265. The van der Waals surface area contributed by atoms with Gasteiger partial charge in [-0.2, -0.15) is 0 Å². The zero-order chi connectivity index (χ0) is 11.8. The lowest BCUT2D eigenvalue weighted by atomic mass is 10.2. The van der Waals surface area contributed by atoms with Crippen molar-refractivity contribution >= 4 is 11.6 Å². The Bertz CT molecular complexity index is 418. The summed E-state index contributed by atoms with van der Waals surface area (Å²) in [6, 6.07) is 6.44. The third-order valence-corrected chi connectivity index (χ3v) is 1.92. The number of nitrogens with zero attached hydrogens (tertiary/aromatic N) is 3. The summed E-state index contributed by atoms with van der Waals surface area (Å²) < 4.78 is 0. The Labute approximate surface area is 93.4 Å². The minimum absolute atomic E-state index is 0.144. The average Bonchev–Trinajstić information content (AvgIpc) is 2.30. The Balaban J connectivity index is 2.62. The van der Waals surface area contributed by atoms with Crippen LogP contribution in [0.1, 0.15) is 16.8 Å². The maximum Gasteiger partial charge on any atom is 0.251 e. The summed E-state index contributed by atoms with van der Waals surface area (Å²) in [6.07, 6.45) is 2.48. The van der Waals surface area contributed by atoms with Crippen molar-refractivity contribution in [2.45, 2.75) is 6.42 Å². The molecule has 0 aliphatic rings. The number of nitrogens with one attached hydrogen (secondary N) is 1. The fourth-order valence-electron chi connectivity index (χ4n) is 1.12. The molecule has 16 heavy (non-hydrogen) atoms. The molecule has 82 valence electrons. The fraction of sp³-hybridized carbons (Fsp3) is 0.182. The van der Waals surface area contributed by atoms with Gasteiger partial charge >= 0.3 is 0 Å². The first-order chi connectivity index (χ1) is 7.77. The topological polar surface area (TPSA) is 77.9 Å². The van der Waals surface area contributed by atoms with Crippen LogP contribution in [-0.4, -0.2) is 12.5 Å². The number of carbonyl (C=O) groups is 1. The van der Waals surface area contributed by atoms with Crippen LogP contribution in [0.5, 0.6) is 0 Å². The maximum absolute atomic E-state index is 11.5. The van der Waals surface area contributed by atoms with Gasteiger partial charge < -0.3 is 5.32 Å². The number of hydrogen-bond donors (Lipinski definition) is 1. The lowest BCUT2D eigenvalue weighted by Crippen LogP contribution is -2.23. The second-order valence-corrected chi connectivity index (χ2v) is 3.07. The second kappa shape index (κ2) is 6.27. The molecule has 1 aromatic rings. The molecule has 1 aromatic carbocycles. The first-order valence-corrected chi connectivity index (χ1v) is 4.82. The molecule has 0 spiro atoms. The number of azide groups is 1. The Morgan fingerprint density at radius 2 is 2.19 bits per heavy atom. The number of amides is 1. The highest BCUT2D eigenvalue weighted by atomic mass is 16.1. The van der Waals surface area contributed by atoms with Gasteiger partial charge in [0.15, 0.2) is 0 Å². The molecule has 5 nitrogen and oxygen atoms in total. The van der Waals surface area contributed by atoms with E-state index in [-0.39, 0.29) is 5.91 Å². The van der Waals surface area contributed by atoms with Crippen LogP contribution in [0.3, 0.4) is 0 Å². The van der Waals surface area contributed by atoms with Gasteiger partial charge in [0.1, 0.15) is 0 Å². The molecule has 0 aromatic heterocycles. The van der Waals surface area contributed by atoms with Crippen molar-refractivity contribution in [1.82, 2.24) is 5.32 Å². The van der Waals surface area contributed by atoms with Gasteiger partial charge in [0.2, 0.25) is 0 Å². The van der Waals surface area contributed by atoms with Crippen LogP contribution < -0.4 is 5.32 Å². The highest BCUT2D eigenvalue weighted by Gasteiger charge is 2.03. The van der Waals surface area contributed by atoms with Gasteiger partial charge in [-0.3, -0.25) is 4.79 Å². The Morgan fingerprint density at radius 1 is 1.50 bits per heavy atom. The maximum atomic E-state index is 11.5. The Hall–Kier alpha value is -2.26. The normalized spacial score (nSPS) is 9.00. The molecule has 0 atom stereocenters. The predicted octanol–water partition coefficient (Wildman–Crippen LogP) is 2.93. The zero-order valence-electron chi connectivity index (χ0n) is 8.76. The third-order valence-electron chi connectivity index (χ3n) is 1.92. The summed E-state index contributed by atoms with van der Waals surface area (Å²) in [7, 11) is 0. The van der Waals surface area contributed by atoms with Gasteiger partial charge in [0.25, 0.3) is 5.91 Å². The molecular weight excluding hydrogens is 204 g/mol. The Kier molecular flexibility index (Phi) is 4.63. The zero-order valence-corrected chi connectivity index (χ0v) is 8.76. The molecule has 0 radical (unpaired) electrons. The summed E-state index contributed by atoms with van der Waals surface area (Å²) in [4.78, 5) is 14.2. The van der Waals surface area contributed by atoms with Crippen LogP contribution in [-0.2, 0) is 0 Å². The van der Waals surface area contributed by atoms with E-state index < -0.39 is 0 Å². The molecule has 0 unspecified atom stereocenters. The van der Waals surface area contributed by atoms with Crippen LogP contribution in [0, 0.1) is 0 Å². The lowest BCUT2D eigenvalue weighted by molar-refractivity contribution is 0.0954. The van der Waals surface area contributed by atoms with Crippen molar-refractivity contribution < 1.29 is 4.79 Å². The van der Waals surface area contributed by atoms with Gasteiger partial charge in [-0.1, -0.05) is 23.3 Å². The first kappa shape index (κ1) is 11.8. The van der Waals surface area contributed by atoms with Gasteiger partial charge in [-0.15, -0.1) is 6.58 Å². The summed E-state index contributed by atoms with van der Waals surface area (Å²) in [5, 5.41) is 6.16. The monoisotopic (exact) mass is 216 g/mol. The average molecular weight is 216 g/mol. The van der Waals surface area contributed by atoms with Crippen LogP contribution in [0.2, 0.25) is 0 Å². The van der Waals surface area contributed by atoms with Crippen molar-refractivity contribution in [3.8, 4) is 0 Å². The van der Waals surface area contributed by atoms with Crippen LogP contribution >= 0.6 is 0 Å². The largest absolute Gasteiger partial charge is 0.352 e. The molecule has 1 rings (SSSR count). The van der Waals surface area contributed by atoms with E-state index in [1.54, 1.807) is 30.3 Å².